The smallest absolute Gasteiger partial charge is 0.253 e. The van der Waals surface area contributed by atoms with E-state index in [9.17, 15) is 4.79 Å². The minimum Gasteiger partial charge on any atom is -0.337 e. The van der Waals surface area contributed by atoms with E-state index in [2.05, 4.69) is 28.9 Å². The molecular weight excluding hydrogens is 400 g/mol. The van der Waals surface area contributed by atoms with Gasteiger partial charge in [0.05, 0.1) is 6.04 Å². The summed E-state index contributed by atoms with van der Waals surface area (Å²) >= 11 is 5.94. The van der Waals surface area contributed by atoms with E-state index < -0.39 is 0 Å². The van der Waals surface area contributed by atoms with E-state index in [1.165, 1.54) is 5.56 Å². The van der Waals surface area contributed by atoms with Crippen LogP contribution in [0.2, 0.25) is 5.02 Å². The average Bonchev–Trinajstić information content (AvgIpc) is 3.29. The third-order valence-corrected chi connectivity index (χ3v) is 5.91. The normalized spacial score (nSPS) is 15.9. The molecule has 6 nitrogen and oxygen atoms in total. The van der Waals surface area contributed by atoms with Gasteiger partial charge in [0.15, 0.2) is 0 Å². The maximum absolute atomic E-state index is 12.8. The van der Waals surface area contributed by atoms with Crippen molar-refractivity contribution in [3.8, 4) is 11.4 Å². The highest BCUT2D eigenvalue weighted by Crippen LogP contribution is 2.24. The molecule has 0 radical (unpaired) electrons. The lowest BCUT2D eigenvalue weighted by molar-refractivity contribution is 0.0551. The van der Waals surface area contributed by atoms with Gasteiger partial charge in [0.1, 0.15) is 0 Å². The number of halogens is 1. The standard InChI is InChI=1S/C23H25ClN4O2/c1-3-17-4-6-19(7-5-17)23(29)28-14-12-27(13-15-28)16(2)22-25-21(26-30-22)18-8-10-20(24)11-9-18/h4-11,16H,3,12-15H2,1-2H3. The lowest BCUT2D eigenvalue weighted by Gasteiger charge is -2.36. The molecule has 0 spiro atoms. The van der Waals surface area contributed by atoms with Crippen molar-refractivity contribution in [2.75, 3.05) is 26.2 Å². The first-order valence-electron chi connectivity index (χ1n) is 10.3. The Morgan fingerprint density at radius 1 is 1.07 bits per heavy atom. The molecule has 2 aromatic carbocycles. The van der Waals surface area contributed by atoms with Crippen molar-refractivity contribution in [3.63, 3.8) is 0 Å². The Kier molecular flexibility index (Phi) is 6.16. The van der Waals surface area contributed by atoms with E-state index in [1.54, 1.807) is 0 Å². The number of rotatable bonds is 5. The summed E-state index contributed by atoms with van der Waals surface area (Å²) in [6.45, 7) is 7.05. The van der Waals surface area contributed by atoms with Gasteiger partial charge in [0, 0.05) is 42.3 Å². The van der Waals surface area contributed by atoms with Gasteiger partial charge in [0.2, 0.25) is 11.7 Å². The Bertz CT molecular complexity index is 993. The van der Waals surface area contributed by atoms with Gasteiger partial charge >= 0.3 is 0 Å². The summed E-state index contributed by atoms with van der Waals surface area (Å²) in [5.41, 5.74) is 2.85. The van der Waals surface area contributed by atoms with Crippen LogP contribution >= 0.6 is 11.6 Å². The summed E-state index contributed by atoms with van der Waals surface area (Å²) in [4.78, 5) is 21.5. The highest BCUT2D eigenvalue weighted by molar-refractivity contribution is 6.30. The van der Waals surface area contributed by atoms with E-state index in [0.29, 0.717) is 29.8 Å². The third-order valence-electron chi connectivity index (χ3n) is 5.66. The van der Waals surface area contributed by atoms with Crippen LogP contribution in [-0.4, -0.2) is 52.0 Å². The molecule has 1 unspecified atom stereocenters. The van der Waals surface area contributed by atoms with Crippen molar-refractivity contribution in [3.05, 3.63) is 70.6 Å². The molecule has 30 heavy (non-hydrogen) atoms. The SMILES string of the molecule is CCc1ccc(C(=O)N2CCN(C(C)c3nc(-c4ccc(Cl)cc4)no3)CC2)cc1. The molecular formula is C23H25ClN4O2. The van der Waals surface area contributed by atoms with E-state index in [-0.39, 0.29) is 11.9 Å². The number of aromatic nitrogens is 2. The molecule has 1 aliphatic rings. The summed E-state index contributed by atoms with van der Waals surface area (Å²) in [5.74, 6) is 1.22. The van der Waals surface area contributed by atoms with Crippen LogP contribution in [-0.2, 0) is 6.42 Å². The Balaban J connectivity index is 1.36. The molecule has 1 atom stereocenters. The number of carbonyl (C=O) groups is 1. The largest absolute Gasteiger partial charge is 0.337 e. The van der Waals surface area contributed by atoms with Crippen LogP contribution in [0.1, 0.15) is 41.7 Å². The van der Waals surface area contributed by atoms with Crippen molar-refractivity contribution in [1.29, 1.82) is 0 Å². The first-order valence-corrected chi connectivity index (χ1v) is 10.6. The number of hydrogen-bond donors (Lipinski definition) is 0. The first-order chi connectivity index (χ1) is 14.5. The minimum atomic E-state index is -0.0142. The molecule has 1 aromatic heterocycles. The highest BCUT2D eigenvalue weighted by Gasteiger charge is 2.28. The minimum absolute atomic E-state index is 0.0142. The van der Waals surface area contributed by atoms with Gasteiger partial charge in [-0.15, -0.1) is 0 Å². The predicted molar refractivity (Wildman–Crippen MR) is 116 cm³/mol. The molecule has 2 heterocycles. The Morgan fingerprint density at radius 3 is 2.37 bits per heavy atom. The highest BCUT2D eigenvalue weighted by atomic mass is 35.5. The monoisotopic (exact) mass is 424 g/mol. The summed E-state index contributed by atoms with van der Waals surface area (Å²) in [6, 6.07) is 15.3. The number of piperazine rings is 1. The number of carbonyl (C=O) groups excluding carboxylic acids is 1. The second-order valence-corrected chi connectivity index (χ2v) is 7.95. The lowest BCUT2D eigenvalue weighted by atomic mass is 10.1. The summed E-state index contributed by atoms with van der Waals surface area (Å²) < 4.78 is 5.51. The molecule has 0 aliphatic carbocycles. The van der Waals surface area contributed by atoms with Gasteiger partial charge in [-0.1, -0.05) is 35.8 Å². The molecule has 1 amide bonds. The van der Waals surface area contributed by atoms with Crippen LogP contribution in [0, 0.1) is 0 Å². The molecule has 0 N–H and O–H groups in total. The van der Waals surface area contributed by atoms with Gasteiger partial charge in [0.25, 0.3) is 5.91 Å². The van der Waals surface area contributed by atoms with Crippen LogP contribution < -0.4 is 0 Å². The van der Waals surface area contributed by atoms with Crippen LogP contribution in [0.25, 0.3) is 11.4 Å². The maximum Gasteiger partial charge on any atom is 0.253 e. The molecule has 1 saturated heterocycles. The fraction of sp³-hybridized carbons (Fsp3) is 0.348. The van der Waals surface area contributed by atoms with E-state index in [0.717, 1.165) is 30.6 Å². The topological polar surface area (TPSA) is 62.5 Å². The van der Waals surface area contributed by atoms with Crippen molar-refractivity contribution in [1.82, 2.24) is 19.9 Å². The fourth-order valence-corrected chi connectivity index (χ4v) is 3.78. The van der Waals surface area contributed by atoms with Crippen molar-refractivity contribution in [2.24, 2.45) is 0 Å². The Labute approximate surface area is 181 Å². The number of benzene rings is 2. The molecule has 3 aromatic rings. The Morgan fingerprint density at radius 2 is 1.73 bits per heavy atom. The fourth-order valence-electron chi connectivity index (χ4n) is 3.66. The predicted octanol–water partition coefficient (Wildman–Crippen LogP) is 4.47. The first kappa shape index (κ1) is 20.6. The van der Waals surface area contributed by atoms with E-state index >= 15 is 0 Å². The van der Waals surface area contributed by atoms with E-state index in [4.69, 9.17) is 16.1 Å². The summed E-state index contributed by atoms with van der Waals surface area (Å²) in [7, 11) is 0. The van der Waals surface area contributed by atoms with Crippen molar-refractivity contribution >= 4 is 17.5 Å². The van der Waals surface area contributed by atoms with E-state index in [1.807, 2.05) is 53.4 Å². The van der Waals surface area contributed by atoms with Gasteiger partial charge < -0.3 is 9.42 Å². The number of nitrogens with zero attached hydrogens (tertiary/aromatic N) is 4. The number of hydrogen-bond acceptors (Lipinski definition) is 5. The molecule has 7 heteroatoms. The molecule has 0 bridgehead atoms. The zero-order valence-corrected chi connectivity index (χ0v) is 18.0. The van der Waals surface area contributed by atoms with Gasteiger partial charge in [-0.3, -0.25) is 9.69 Å². The lowest BCUT2D eigenvalue weighted by Crippen LogP contribution is -2.49. The second-order valence-electron chi connectivity index (χ2n) is 7.52. The van der Waals surface area contributed by atoms with Crippen LogP contribution in [0.4, 0.5) is 0 Å². The summed E-state index contributed by atoms with van der Waals surface area (Å²) in [5, 5.41) is 4.78. The summed E-state index contributed by atoms with van der Waals surface area (Å²) in [6.07, 6.45) is 0.973. The average molecular weight is 425 g/mol. The van der Waals surface area contributed by atoms with Crippen LogP contribution in [0.5, 0.6) is 0 Å². The van der Waals surface area contributed by atoms with Crippen molar-refractivity contribution in [2.45, 2.75) is 26.3 Å². The van der Waals surface area contributed by atoms with Gasteiger partial charge in [-0.25, -0.2) is 0 Å². The molecule has 0 saturated carbocycles. The quantitative estimate of drug-likeness (QED) is 0.604. The molecule has 156 valence electrons. The number of aryl methyl sites for hydroxylation is 1. The van der Waals surface area contributed by atoms with Crippen molar-refractivity contribution < 1.29 is 9.32 Å². The van der Waals surface area contributed by atoms with Crippen LogP contribution in [0.3, 0.4) is 0 Å². The zero-order chi connectivity index (χ0) is 21.1. The molecule has 1 aliphatic heterocycles. The van der Waals surface area contributed by atoms with Crippen LogP contribution in [0.15, 0.2) is 53.1 Å². The zero-order valence-electron chi connectivity index (χ0n) is 17.2. The molecule has 4 rings (SSSR count). The van der Waals surface area contributed by atoms with Gasteiger partial charge in [-0.2, -0.15) is 4.98 Å². The van der Waals surface area contributed by atoms with Gasteiger partial charge in [-0.05, 0) is 55.3 Å². The molecule has 1 fully saturated rings. The Hall–Kier alpha value is -2.70. The third kappa shape index (κ3) is 4.40. The second kappa shape index (κ2) is 8.98. The maximum atomic E-state index is 12.8. The number of amides is 1.